The molecule has 1 saturated heterocycles. The lowest BCUT2D eigenvalue weighted by molar-refractivity contribution is -0.131. The molecular weight excluding hydrogens is 350 g/mol. The number of nitrogens with one attached hydrogen (secondary N) is 1. The fourth-order valence-electron chi connectivity index (χ4n) is 4.08. The van der Waals surface area contributed by atoms with Gasteiger partial charge in [-0.05, 0) is 35.2 Å². The number of nitrogens with zero attached hydrogens (tertiary/aromatic N) is 1. The summed E-state index contributed by atoms with van der Waals surface area (Å²) in [6.07, 6.45) is -0.463. The summed E-state index contributed by atoms with van der Waals surface area (Å²) in [4.78, 5) is 14.9. The number of hydrogen-bond acceptors (Lipinski definition) is 3. The number of methoxy groups -OCH3 is 1. The van der Waals surface area contributed by atoms with E-state index in [4.69, 9.17) is 4.74 Å². The Kier molecular flexibility index (Phi) is 4.93. The lowest BCUT2D eigenvalue weighted by Crippen LogP contribution is -2.55. The van der Waals surface area contributed by atoms with Gasteiger partial charge in [-0.2, -0.15) is 0 Å². The van der Waals surface area contributed by atoms with Crippen LogP contribution in [0.2, 0.25) is 0 Å². The SMILES string of the molecule is CO[C@@H]1c2ccccc2C[C@H]1NC(=O)C(c1ccc(F)cc1)N1CC(F)C1. The van der Waals surface area contributed by atoms with Gasteiger partial charge in [-0.25, -0.2) is 8.78 Å². The first-order valence-corrected chi connectivity index (χ1v) is 9.11. The van der Waals surface area contributed by atoms with Gasteiger partial charge >= 0.3 is 0 Å². The number of carbonyl (C=O) groups excluding carboxylic acids is 1. The highest BCUT2D eigenvalue weighted by Gasteiger charge is 2.40. The number of amides is 1. The third-order valence-electron chi connectivity index (χ3n) is 5.41. The van der Waals surface area contributed by atoms with Gasteiger partial charge in [0.15, 0.2) is 0 Å². The van der Waals surface area contributed by atoms with E-state index >= 15 is 0 Å². The van der Waals surface area contributed by atoms with Crippen molar-refractivity contribution >= 4 is 5.91 Å². The molecule has 0 bridgehead atoms. The van der Waals surface area contributed by atoms with Crippen LogP contribution in [-0.4, -0.2) is 43.2 Å². The van der Waals surface area contributed by atoms with Gasteiger partial charge in [0.05, 0.1) is 6.04 Å². The van der Waals surface area contributed by atoms with Crippen LogP contribution in [0.15, 0.2) is 48.5 Å². The summed E-state index contributed by atoms with van der Waals surface area (Å²) in [6.45, 7) is 0.405. The number of hydrogen-bond donors (Lipinski definition) is 1. The molecule has 27 heavy (non-hydrogen) atoms. The van der Waals surface area contributed by atoms with Crippen LogP contribution in [-0.2, 0) is 16.0 Å². The van der Waals surface area contributed by atoms with Gasteiger partial charge in [0.2, 0.25) is 5.91 Å². The van der Waals surface area contributed by atoms with Gasteiger partial charge in [0.1, 0.15) is 24.1 Å². The number of likely N-dealkylation sites (tertiary alicyclic amines) is 1. The number of carbonyl (C=O) groups is 1. The first kappa shape index (κ1) is 18.1. The number of halogens is 2. The highest BCUT2D eigenvalue weighted by molar-refractivity contribution is 5.84. The molecule has 0 spiro atoms. The molecule has 1 fully saturated rings. The summed E-state index contributed by atoms with van der Waals surface area (Å²) in [5.41, 5.74) is 2.89. The molecule has 3 atom stereocenters. The van der Waals surface area contributed by atoms with Gasteiger partial charge in [-0.1, -0.05) is 36.4 Å². The molecule has 0 saturated carbocycles. The molecule has 1 heterocycles. The highest BCUT2D eigenvalue weighted by atomic mass is 19.1. The topological polar surface area (TPSA) is 41.6 Å². The largest absolute Gasteiger partial charge is 0.375 e. The molecule has 0 aromatic heterocycles. The zero-order valence-electron chi connectivity index (χ0n) is 15.1. The summed E-state index contributed by atoms with van der Waals surface area (Å²) in [5, 5.41) is 3.08. The Bertz CT molecular complexity index is 821. The quantitative estimate of drug-likeness (QED) is 0.878. The molecule has 4 rings (SSSR count). The molecule has 142 valence electrons. The van der Waals surface area contributed by atoms with Crippen LogP contribution in [0.1, 0.15) is 28.8 Å². The number of ether oxygens (including phenoxy) is 1. The fraction of sp³-hybridized carbons (Fsp3) is 0.381. The van der Waals surface area contributed by atoms with Crippen LogP contribution in [0.4, 0.5) is 8.78 Å². The first-order chi connectivity index (χ1) is 13.1. The third-order valence-corrected chi connectivity index (χ3v) is 5.41. The Morgan fingerprint density at radius 1 is 1.19 bits per heavy atom. The predicted octanol–water partition coefficient (Wildman–Crippen LogP) is 2.95. The van der Waals surface area contributed by atoms with Gasteiger partial charge in [-0.15, -0.1) is 0 Å². The highest BCUT2D eigenvalue weighted by Crippen LogP contribution is 2.35. The van der Waals surface area contributed by atoms with Crippen molar-refractivity contribution in [3.63, 3.8) is 0 Å². The maximum Gasteiger partial charge on any atom is 0.242 e. The molecule has 1 aliphatic carbocycles. The Labute approximate surface area is 157 Å². The van der Waals surface area contributed by atoms with E-state index in [0.717, 1.165) is 11.1 Å². The summed E-state index contributed by atoms with van der Waals surface area (Å²) in [6, 6.07) is 13.0. The molecule has 1 unspecified atom stereocenters. The van der Waals surface area contributed by atoms with E-state index < -0.39 is 12.2 Å². The van der Waals surface area contributed by atoms with Gasteiger partial charge in [0, 0.05) is 20.2 Å². The van der Waals surface area contributed by atoms with E-state index in [0.29, 0.717) is 12.0 Å². The molecule has 1 amide bonds. The Morgan fingerprint density at radius 2 is 1.89 bits per heavy atom. The van der Waals surface area contributed by atoms with Crippen LogP contribution in [0.25, 0.3) is 0 Å². The Hall–Kier alpha value is -2.31. The van der Waals surface area contributed by atoms with E-state index in [1.54, 1.807) is 24.1 Å². The van der Waals surface area contributed by atoms with E-state index in [9.17, 15) is 13.6 Å². The lowest BCUT2D eigenvalue weighted by atomic mass is 9.99. The molecule has 1 N–H and O–H groups in total. The number of rotatable bonds is 5. The standard InChI is InChI=1S/C21H22F2N2O2/c1-27-20-17-5-3-2-4-14(17)10-18(20)24-21(26)19(25-11-16(23)12-25)13-6-8-15(22)9-7-13/h2-9,16,18-20H,10-12H2,1H3,(H,24,26)/t18-,19?,20-/m1/s1. The second-order valence-electron chi connectivity index (χ2n) is 7.18. The van der Waals surface area contributed by atoms with Crippen molar-refractivity contribution < 1.29 is 18.3 Å². The molecule has 1 aliphatic heterocycles. The van der Waals surface area contributed by atoms with Crippen molar-refractivity contribution in [1.29, 1.82) is 0 Å². The minimum atomic E-state index is -0.928. The summed E-state index contributed by atoms with van der Waals surface area (Å²) >= 11 is 0. The minimum absolute atomic E-state index is 0.190. The smallest absolute Gasteiger partial charge is 0.242 e. The maximum atomic E-state index is 13.4. The van der Waals surface area contributed by atoms with Crippen LogP contribution >= 0.6 is 0 Å². The normalized spacial score (nSPS) is 23.5. The van der Waals surface area contributed by atoms with Crippen LogP contribution in [0, 0.1) is 5.82 Å². The van der Waals surface area contributed by atoms with E-state index in [2.05, 4.69) is 5.32 Å². The minimum Gasteiger partial charge on any atom is -0.375 e. The van der Waals surface area contributed by atoms with Gasteiger partial charge < -0.3 is 10.1 Å². The molecule has 4 nitrogen and oxygen atoms in total. The number of fused-ring (bicyclic) bond motifs is 1. The van der Waals surface area contributed by atoms with E-state index in [1.165, 1.54) is 12.1 Å². The first-order valence-electron chi connectivity index (χ1n) is 9.11. The number of benzene rings is 2. The zero-order chi connectivity index (χ0) is 19.0. The Balaban J connectivity index is 1.54. The van der Waals surface area contributed by atoms with E-state index in [-0.39, 0.29) is 37.0 Å². The summed E-state index contributed by atoms with van der Waals surface area (Å²) < 4.78 is 32.3. The molecule has 6 heteroatoms. The second-order valence-corrected chi connectivity index (χ2v) is 7.18. The summed E-state index contributed by atoms with van der Waals surface area (Å²) in [5.74, 6) is -0.580. The summed E-state index contributed by atoms with van der Waals surface area (Å²) in [7, 11) is 1.63. The number of alkyl halides is 1. The van der Waals surface area contributed by atoms with Crippen molar-refractivity contribution in [2.75, 3.05) is 20.2 Å². The average Bonchev–Trinajstić information content (AvgIpc) is 2.99. The lowest BCUT2D eigenvalue weighted by Gasteiger charge is -2.40. The maximum absolute atomic E-state index is 13.4. The third kappa shape index (κ3) is 3.47. The second kappa shape index (κ2) is 7.37. The Morgan fingerprint density at radius 3 is 2.56 bits per heavy atom. The average molecular weight is 372 g/mol. The molecule has 2 aromatic carbocycles. The molecule has 2 aromatic rings. The molecule has 2 aliphatic rings. The van der Waals surface area contributed by atoms with E-state index in [1.807, 2.05) is 24.3 Å². The van der Waals surface area contributed by atoms with Crippen molar-refractivity contribution in [2.24, 2.45) is 0 Å². The fourth-order valence-corrected chi connectivity index (χ4v) is 4.08. The molecular formula is C21H22F2N2O2. The van der Waals surface area contributed by atoms with Crippen molar-refractivity contribution in [2.45, 2.75) is 30.8 Å². The predicted molar refractivity (Wildman–Crippen MR) is 97.4 cm³/mol. The van der Waals surface area contributed by atoms with Crippen molar-refractivity contribution in [1.82, 2.24) is 10.2 Å². The zero-order valence-corrected chi connectivity index (χ0v) is 15.1. The monoisotopic (exact) mass is 372 g/mol. The van der Waals surface area contributed by atoms with Crippen molar-refractivity contribution in [3.8, 4) is 0 Å². The van der Waals surface area contributed by atoms with Crippen LogP contribution < -0.4 is 5.32 Å². The van der Waals surface area contributed by atoms with Crippen LogP contribution in [0.3, 0.4) is 0 Å². The molecule has 0 radical (unpaired) electrons. The van der Waals surface area contributed by atoms with Crippen molar-refractivity contribution in [3.05, 3.63) is 71.0 Å². The van der Waals surface area contributed by atoms with Gasteiger partial charge in [0.25, 0.3) is 0 Å². The van der Waals surface area contributed by atoms with Gasteiger partial charge in [-0.3, -0.25) is 9.69 Å². The van der Waals surface area contributed by atoms with Crippen LogP contribution in [0.5, 0.6) is 0 Å².